The Balaban J connectivity index is 1.54. The molecule has 0 radical (unpaired) electrons. The van der Waals surface area contributed by atoms with Crippen molar-refractivity contribution in [2.24, 2.45) is 10.9 Å². The molecule has 1 fully saturated rings. The summed E-state index contributed by atoms with van der Waals surface area (Å²) < 4.78 is 25.9. The van der Waals surface area contributed by atoms with Crippen LogP contribution in [0.5, 0.6) is 0 Å². The minimum atomic E-state index is -2.57. The summed E-state index contributed by atoms with van der Waals surface area (Å²) in [6, 6.07) is 2.13. The highest BCUT2D eigenvalue weighted by Gasteiger charge is 2.49. The summed E-state index contributed by atoms with van der Waals surface area (Å²) in [5, 5.41) is 12.3. The van der Waals surface area contributed by atoms with Gasteiger partial charge in [0.1, 0.15) is 0 Å². The van der Waals surface area contributed by atoms with Crippen molar-refractivity contribution in [2.75, 3.05) is 6.54 Å². The zero-order valence-electron chi connectivity index (χ0n) is 11.4. The van der Waals surface area contributed by atoms with Crippen molar-refractivity contribution in [1.82, 2.24) is 4.90 Å². The molecule has 6 heteroatoms. The van der Waals surface area contributed by atoms with Gasteiger partial charge in [0.15, 0.2) is 0 Å². The van der Waals surface area contributed by atoms with E-state index in [-0.39, 0.29) is 24.8 Å². The van der Waals surface area contributed by atoms with Gasteiger partial charge in [0, 0.05) is 30.5 Å². The van der Waals surface area contributed by atoms with Gasteiger partial charge in [-0.2, -0.15) is 0 Å². The Morgan fingerprint density at radius 3 is 3.05 bits per heavy atom. The van der Waals surface area contributed by atoms with Crippen molar-refractivity contribution >= 4 is 23.2 Å². The number of aliphatic hydroxyl groups excluding tert-OH is 1. The summed E-state index contributed by atoms with van der Waals surface area (Å²) in [5.74, 6) is -2.85. The Hall–Kier alpha value is -1.27. The number of aliphatic hydroxyl groups is 1. The lowest BCUT2D eigenvalue weighted by atomic mass is 9.75. The number of halogens is 2. The Bertz CT molecular complexity index is 617. The summed E-state index contributed by atoms with van der Waals surface area (Å²) >= 11 is 1.67. The van der Waals surface area contributed by atoms with Crippen molar-refractivity contribution in [3.63, 3.8) is 0 Å². The smallest absolute Gasteiger partial charge is 0.248 e. The van der Waals surface area contributed by atoms with Crippen LogP contribution in [-0.4, -0.2) is 34.9 Å². The monoisotopic (exact) mass is 310 g/mol. The SMILES string of the molecule is OC(CC1c2sccc2C2=CN=CN1C2)C1CC(F)(F)C1. The number of rotatable bonds is 3. The average Bonchev–Trinajstić information content (AvgIpc) is 2.90. The van der Waals surface area contributed by atoms with Crippen LogP contribution in [0.15, 0.2) is 22.6 Å². The van der Waals surface area contributed by atoms with Crippen LogP contribution in [0.3, 0.4) is 0 Å². The minimum absolute atomic E-state index is 0.0467. The Kier molecular flexibility index (Phi) is 2.94. The second kappa shape index (κ2) is 4.61. The van der Waals surface area contributed by atoms with Crippen molar-refractivity contribution in [3.8, 4) is 0 Å². The maximum atomic E-state index is 13.0. The van der Waals surface area contributed by atoms with Gasteiger partial charge < -0.3 is 10.0 Å². The molecule has 1 saturated carbocycles. The number of fused-ring (bicyclic) bond motifs is 4. The van der Waals surface area contributed by atoms with Gasteiger partial charge in [-0.3, -0.25) is 0 Å². The van der Waals surface area contributed by atoms with Gasteiger partial charge >= 0.3 is 0 Å². The molecule has 1 N–H and O–H groups in total. The lowest BCUT2D eigenvalue weighted by molar-refractivity contribution is -0.144. The van der Waals surface area contributed by atoms with Gasteiger partial charge in [-0.1, -0.05) is 0 Å². The highest BCUT2D eigenvalue weighted by molar-refractivity contribution is 7.10. The van der Waals surface area contributed by atoms with Crippen molar-refractivity contribution in [3.05, 3.63) is 28.1 Å². The molecule has 0 amide bonds. The van der Waals surface area contributed by atoms with E-state index in [2.05, 4.69) is 16.0 Å². The number of aliphatic imine (C=N–C) groups is 1. The normalized spacial score (nSPS) is 27.9. The van der Waals surface area contributed by atoms with E-state index in [9.17, 15) is 13.9 Å². The summed E-state index contributed by atoms with van der Waals surface area (Å²) in [7, 11) is 0. The topological polar surface area (TPSA) is 35.8 Å². The Labute approximate surface area is 125 Å². The van der Waals surface area contributed by atoms with Crippen molar-refractivity contribution < 1.29 is 13.9 Å². The van der Waals surface area contributed by atoms with E-state index >= 15 is 0 Å². The Morgan fingerprint density at radius 2 is 2.29 bits per heavy atom. The van der Waals surface area contributed by atoms with E-state index in [1.54, 1.807) is 17.7 Å². The molecule has 1 aromatic heterocycles. The molecule has 3 heterocycles. The second-order valence-corrected chi connectivity index (χ2v) is 7.08. The summed E-state index contributed by atoms with van der Waals surface area (Å²) in [5.41, 5.74) is 2.39. The highest BCUT2D eigenvalue weighted by Crippen LogP contribution is 2.48. The lowest BCUT2D eigenvalue weighted by Crippen LogP contribution is -2.44. The van der Waals surface area contributed by atoms with Gasteiger partial charge in [0.25, 0.3) is 0 Å². The zero-order chi connectivity index (χ0) is 14.6. The molecule has 112 valence electrons. The molecule has 2 bridgehead atoms. The van der Waals surface area contributed by atoms with Crippen molar-refractivity contribution in [1.29, 1.82) is 0 Å². The quantitative estimate of drug-likeness (QED) is 0.930. The van der Waals surface area contributed by atoms with Gasteiger partial charge in [-0.05, 0) is 34.9 Å². The molecule has 2 atom stereocenters. The van der Waals surface area contributed by atoms with Crippen LogP contribution in [-0.2, 0) is 0 Å². The maximum absolute atomic E-state index is 13.0. The fraction of sp³-hybridized carbons (Fsp3) is 0.533. The molecular formula is C15H16F2N2OS. The van der Waals surface area contributed by atoms with E-state index in [1.807, 2.05) is 11.6 Å². The fourth-order valence-corrected chi connectivity index (χ4v) is 4.54. The van der Waals surface area contributed by atoms with Crippen LogP contribution in [0.25, 0.3) is 5.57 Å². The predicted octanol–water partition coefficient (Wildman–Crippen LogP) is 3.28. The van der Waals surface area contributed by atoms with Crippen LogP contribution in [0.2, 0.25) is 0 Å². The molecule has 0 saturated heterocycles. The van der Waals surface area contributed by atoms with E-state index in [0.717, 1.165) is 6.54 Å². The van der Waals surface area contributed by atoms with Gasteiger partial charge in [0.2, 0.25) is 5.92 Å². The molecule has 3 aliphatic rings. The van der Waals surface area contributed by atoms with E-state index in [4.69, 9.17) is 0 Å². The third-order valence-corrected chi connectivity index (χ3v) is 5.69. The standard InChI is InChI=1S/C15H16F2N2OS/c16-15(17)4-9(5-15)13(20)3-12-14-11(1-2-21-14)10-6-18-8-19(12)7-10/h1-2,6,8-9,12-13,20H,3-5,7H2. The van der Waals surface area contributed by atoms with Crippen LogP contribution >= 0.6 is 11.3 Å². The minimum Gasteiger partial charge on any atom is -0.393 e. The molecule has 4 rings (SSSR count). The van der Waals surface area contributed by atoms with Crippen LogP contribution in [0.1, 0.15) is 35.7 Å². The molecule has 1 aliphatic carbocycles. The van der Waals surface area contributed by atoms with Crippen LogP contribution in [0, 0.1) is 5.92 Å². The first-order valence-corrected chi connectivity index (χ1v) is 8.03. The van der Waals surface area contributed by atoms with Gasteiger partial charge in [-0.25, -0.2) is 13.8 Å². The average molecular weight is 310 g/mol. The molecule has 3 nitrogen and oxygen atoms in total. The number of hydrogen-bond acceptors (Lipinski definition) is 4. The summed E-state index contributed by atoms with van der Waals surface area (Å²) in [6.07, 6.45) is 3.12. The molecule has 21 heavy (non-hydrogen) atoms. The largest absolute Gasteiger partial charge is 0.393 e. The second-order valence-electron chi connectivity index (χ2n) is 6.13. The van der Waals surface area contributed by atoms with Gasteiger partial charge in [0.05, 0.1) is 18.5 Å². The molecule has 2 unspecified atom stereocenters. The maximum Gasteiger partial charge on any atom is 0.248 e. The predicted molar refractivity (Wildman–Crippen MR) is 78.5 cm³/mol. The van der Waals surface area contributed by atoms with Crippen LogP contribution < -0.4 is 0 Å². The van der Waals surface area contributed by atoms with Crippen LogP contribution in [0.4, 0.5) is 8.78 Å². The number of hydrogen-bond donors (Lipinski definition) is 1. The molecular weight excluding hydrogens is 294 g/mol. The van der Waals surface area contributed by atoms with E-state index in [1.165, 1.54) is 16.0 Å². The third kappa shape index (κ3) is 2.21. The van der Waals surface area contributed by atoms with E-state index in [0.29, 0.717) is 6.42 Å². The summed E-state index contributed by atoms with van der Waals surface area (Å²) in [4.78, 5) is 7.56. The lowest BCUT2D eigenvalue weighted by Gasteiger charge is -2.42. The highest BCUT2D eigenvalue weighted by atomic mass is 32.1. The Morgan fingerprint density at radius 1 is 1.48 bits per heavy atom. The number of nitrogens with zero attached hydrogens (tertiary/aromatic N) is 2. The molecule has 0 aromatic carbocycles. The first-order valence-electron chi connectivity index (χ1n) is 7.15. The van der Waals surface area contributed by atoms with Gasteiger partial charge in [-0.15, -0.1) is 11.3 Å². The molecule has 0 spiro atoms. The number of thiophene rings is 1. The molecule has 2 aliphatic heterocycles. The van der Waals surface area contributed by atoms with Crippen molar-refractivity contribution in [2.45, 2.75) is 37.3 Å². The first kappa shape index (κ1) is 13.4. The first-order chi connectivity index (χ1) is 10.0. The molecule has 1 aromatic rings. The number of alkyl halides is 2. The van der Waals surface area contributed by atoms with E-state index < -0.39 is 12.0 Å². The third-order valence-electron chi connectivity index (χ3n) is 4.67. The summed E-state index contributed by atoms with van der Waals surface area (Å²) in [6.45, 7) is 0.783. The fourth-order valence-electron chi connectivity index (χ4n) is 3.47. The zero-order valence-corrected chi connectivity index (χ0v) is 12.2.